The molecule has 2 nitrogen and oxygen atoms in total. The summed E-state index contributed by atoms with van der Waals surface area (Å²) >= 11 is 0. The van der Waals surface area contributed by atoms with Gasteiger partial charge in [0.2, 0.25) is 0 Å². The van der Waals surface area contributed by atoms with Crippen molar-refractivity contribution in [2.45, 2.75) is 58.5 Å². The van der Waals surface area contributed by atoms with Crippen LogP contribution < -0.4 is 0 Å². The number of rotatable bonds is 2. The van der Waals surface area contributed by atoms with Crippen molar-refractivity contribution in [3.05, 3.63) is 64.2 Å². The Morgan fingerprint density at radius 2 is 1.34 bits per heavy atom. The summed E-state index contributed by atoms with van der Waals surface area (Å²) in [7, 11) is 0. The predicted molar refractivity (Wildman–Crippen MR) is 110 cm³/mol. The van der Waals surface area contributed by atoms with Gasteiger partial charge in [-0.15, -0.1) is 0 Å². The highest BCUT2D eigenvalue weighted by molar-refractivity contribution is 5.90. The van der Waals surface area contributed by atoms with Gasteiger partial charge in [-0.2, -0.15) is 18.4 Å². The smallest absolute Gasteiger partial charge is 0.416 e. The molecule has 0 radical (unpaired) electrons. The van der Waals surface area contributed by atoms with Gasteiger partial charge in [0.25, 0.3) is 0 Å². The van der Waals surface area contributed by atoms with Gasteiger partial charge in [0.05, 0.1) is 17.2 Å². The number of halogens is 3. The monoisotopic (exact) mass is 401 g/mol. The van der Waals surface area contributed by atoms with E-state index in [4.69, 9.17) is 0 Å². The molecule has 1 N–H and O–H groups in total. The number of phenolic OH excluding ortho intramolecular Hbond substituents is 1. The molecule has 0 fully saturated rings. The summed E-state index contributed by atoms with van der Waals surface area (Å²) in [5, 5.41) is 20.4. The van der Waals surface area contributed by atoms with Crippen molar-refractivity contribution < 1.29 is 18.3 Å². The summed E-state index contributed by atoms with van der Waals surface area (Å²) in [6.07, 6.45) is -2.78. The number of phenols is 1. The number of hydrogen-bond acceptors (Lipinski definition) is 2. The van der Waals surface area contributed by atoms with Gasteiger partial charge in [0, 0.05) is 11.1 Å². The Labute approximate surface area is 170 Å². The lowest BCUT2D eigenvalue weighted by Crippen LogP contribution is -2.17. The van der Waals surface area contributed by atoms with Crippen molar-refractivity contribution in [3.63, 3.8) is 0 Å². The first-order valence-electron chi connectivity index (χ1n) is 9.32. The van der Waals surface area contributed by atoms with Crippen molar-refractivity contribution in [2.75, 3.05) is 0 Å². The van der Waals surface area contributed by atoms with Crippen LogP contribution in [0.4, 0.5) is 13.2 Å². The largest absolute Gasteiger partial charge is 0.507 e. The summed E-state index contributed by atoms with van der Waals surface area (Å²) in [6, 6.07) is 10.3. The Morgan fingerprint density at radius 3 is 1.69 bits per heavy atom. The van der Waals surface area contributed by atoms with Crippen LogP contribution in [-0.4, -0.2) is 5.11 Å². The van der Waals surface area contributed by atoms with E-state index >= 15 is 0 Å². The number of hydrogen-bond donors (Lipinski definition) is 1. The molecule has 0 aromatic heterocycles. The van der Waals surface area contributed by atoms with Crippen LogP contribution in [0.15, 0.2) is 36.4 Å². The van der Waals surface area contributed by atoms with Gasteiger partial charge in [-0.1, -0.05) is 53.7 Å². The van der Waals surface area contributed by atoms with Crippen LogP contribution in [0, 0.1) is 11.3 Å². The molecule has 0 amide bonds. The van der Waals surface area contributed by atoms with E-state index in [9.17, 15) is 23.5 Å². The SMILES string of the molecule is CC(C)(C)c1cc(/C=C(/C#N)c2ccc(C(F)(F)F)cc2)cc(C(C)(C)C)c1O. The van der Waals surface area contributed by atoms with Gasteiger partial charge in [-0.3, -0.25) is 0 Å². The van der Waals surface area contributed by atoms with Crippen molar-refractivity contribution in [1.29, 1.82) is 5.26 Å². The molecule has 0 aliphatic carbocycles. The second kappa shape index (κ2) is 7.59. The third-order valence-electron chi connectivity index (χ3n) is 4.70. The minimum atomic E-state index is -4.42. The number of benzene rings is 2. The molecule has 0 unspecified atom stereocenters. The van der Waals surface area contributed by atoms with Crippen LogP contribution in [0.2, 0.25) is 0 Å². The molecule has 29 heavy (non-hydrogen) atoms. The predicted octanol–water partition coefficient (Wildman–Crippen LogP) is 7.07. The van der Waals surface area contributed by atoms with E-state index in [2.05, 4.69) is 6.07 Å². The van der Waals surface area contributed by atoms with E-state index in [0.717, 1.165) is 23.3 Å². The van der Waals surface area contributed by atoms with Crippen LogP contribution in [-0.2, 0) is 17.0 Å². The zero-order valence-corrected chi connectivity index (χ0v) is 17.6. The van der Waals surface area contributed by atoms with Crippen LogP contribution in [0.25, 0.3) is 11.6 Å². The van der Waals surface area contributed by atoms with E-state index < -0.39 is 11.7 Å². The molecule has 0 aliphatic heterocycles. The number of alkyl halides is 3. The molecule has 0 atom stereocenters. The standard InChI is InChI=1S/C24H26F3NO/c1-22(2,3)19-12-15(13-20(21(19)29)23(4,5)6)11-17(14-28)16-7-9-18(10-8-16)24(25,26)27/h7-13,29H,1-6H3/b17-11-. The normalized spacial score (nSPS) is 13.3. The summed E-state index contributed by atoms with van der Waals surface area (Å²) in [6.45, 7) is 11.9. The number of aromatic hydroxyl groups is 1. The average molecular weight is 401 g/mol. The lowest BCUT2D eigenvalue weighted by Gasteiger charge is -2.28. The molecular formula is C24H26F3NO. The summed E-state index contributed by atoms with van der Waals surface area (Å²) in [4.78, 5) is 0. The lowest BCUT2D eigenvalue weighted by atomic mass is 9.78. The van der Waals surface area contributed by atoms with Gasteiger partial charge in [-0.05, 0) is 52.3 Å². The molecule has 0 saturated carbocycles. The first-order chi connectivity index (χ1) is 13.1. The highest BCUT2D eigenvalue weighted by atomic mass is 19.4. The third kappa shape index (κ3) is 5.20. The minimum Gasteiger partial charge on any atom is -0.507 e. The fourth-order valence-electron chi connectivity index (χ4n) is 3.07. The molecule has 5 heteroatoms. The maximum Gasteiger partial charge on any atom is 0.416 e. The fraction of sp³-hybridized carbons (Fsp3) is 0.375. The fourth-order valence-corrected chi connectivity index (χ4v) is 3.07. The number of nitrogens with zero attached hydrogens (tertiary/aromatic N) is 1. The van der Waals surface area contributed by atoms with Crippen molar-refractivity contribution in [1.82, 2.24) is 0 Å². The Hall–Kier alpha value is -2.74. The van der Waals surface area contributed by atoms with E-state index in [0.29, 0.717) is 11.1 Å². The van der Waals surface area contributed by atoms with Crippen LogP contribution in [0.5, 0.6) is 5.75 Å². The first-order valence-corrected chi connectivity index (χ1v) is 9.32. The molecule has 0 saturated heterocycles. The van der Waals surface area contributed by atoms with Crippen molar-refractivity contribution in [2.24, 2.45) is 0 Å². The van der Waals surface area contributed by atoms with Crippen molar-refractivity contribution >= 4 is 11.6 Å². The molecular weight excluding hydrogens is 375 g/mol. The van der Waals surface area contributed by atoms with Gasteiger partial charge in [0.15, 0.2) is 0 Å². The molecule has 0 bridgehead atoms. The topological polar surface area (TPSA) is 44.0 Å². The summed E-state index contributed by atoms with van der Waals surface area (Å²) in [5.74, 6) is 0.232. The zero-order chi connectivity index (χ0) is 22.2. The number of allylic oxidation sites excluding steroid dienone is 1. The van der Waals surface area contributed by atoms with Crippen LogP contribution >= 0.6 is 0 Å². The van der Waals surface area contributed by atoms with Gasteiger partial charge < -0.3 is 5.11 Å². The minimum absolute atomic E-state index is 0.232. The highest BCUT2D eigenvalue weighted by Gasteiger charge is 2.30. The Kier molecular flexibility index (Phi) is 5.90. The Balaban J connectivity index is 2.63. The van der Waals surface area contributed by atoms with E-state index in [1.54, 1.807) is 6.08 Å². The second-order valence-electron chi connectivity index (χ2n) is 9.21. The molecule has 2 rings (SSSR count). The third-order valence-corrected chi connectivity index (χ3v) is 4.70. The van der Waals surface area contributed by atoms with E-state index in [1.807, 2.05) is 53.7 Å². The summed E-state index contributed by atoms with van der Waals surface area (Å²) < 4.78 is 38.4. The molecule has 154 valence electrons. The Bertz CT molecular complexity index is 929. The summed E-state index contributed by atoms with van der Waals surface area (Å²) in [5.41, 5.74) is 1.47. The average Bonchev–Trinajstić information content (AvgIpc) is 2.58. The van der Waals surface area contributed by atoms with Crippen LogP contribution in [0.1, 0.15) is 69.4 Å². The maximum atomic E-state index is 12.8. The molecule has 0 aliphatic rings. The molecule has 0 heterocycles. The molecule has 0 spiro atoms. The quantitative estimate of drug-likeness (QED) is 0.432. The highest BCUT2D eigenvalue weighted by Crippen LogP contribution is 2.40. The van der Waals surface area contributed by atoms with Gasteiger partial charge in [-0.25, -0.2) is 0 Å². The zero-order valence-electron chi connectivity index (χ0n) is 17.6. The molecule has 2 aromatic rings. The first kappa shape index (κ1) is 22.5. The molecule has 2 aromatic carbocycles. The maximum absolute atomic E-state index is 12.8. The van der Waals surface area contributed by atoms with Crippen molar-refractivity contribution in [3.8, 4) is 11.8 Å². The lowest BCUT2D eigenvalue weighted by molar-refractivity contribution is -0.137. The van der Waals surface area contributed by atoms with E-state index in [-0.39, 0.29) is 22.2 Å². The Morgan fingerprint density at radius 1 is 0.897 bits per heavy atom. The van der Waals surface area contributed by atoms with Gasteiger partial charge in [0.1, 0.15) is 5.75 Å². The number of nitriles is 1. The van der Waals surface area contributed by atoms with Crippen LogP contribution in [0.3, 0.4) is 0 Å². The second-order valence-corrected chi connectivity index (χ2v) is 9.21. The van der Waals surface area contributed by atoms with E-state index in [1.165, 1.54) is 12.1 Å². The van der Waals surface area contributed by atoms with Gasteiger partial charge >= 0.3 is 6.18 Å².